The van der Waals surface area contributed by atoms with E-state index in [1.54, 1.807) is 11.0 Å². The number of aliphatic hydroxyl groups is 1. The van der Waals surface area contributed by atoms with Gasteiger partial charge in [0.05, 0.1) is 24.3 Å². The van der Waals surface area contributed by atoms with Gasteiger partial charge in [-0.2, -0.15) is 5.10 Å². The molecule has 25 heavy (non-hydrogen) atoms. The molecule has 0 aliphatic carbocycles. The van der Waals surface area contributed by atoms with Crippen LogP contribution in [0.5, 0.6) is 0 Å². The van der Waals surface area contributed by atoms with E-state index in [-0.39, 0.29) is 12.0 Å². The maximum Gasteiger partial charge on any atom is 0.157 e. The van der Waals surface area contributed by atoms with Crippen LogP contribution >= 0.6 is 11.6 Å². The molecule has 0 saturated carbocycles. The van der Waals surface area contributed by atoms with E-state index in [0.717, 1.165) is 12.0 Å². The van der Waals surface area contributed by atoms with Gasteiger partial charge in [0.1, 0.15) is 18.4 Å². The molecule has 1 aromatic heterocycles. The van der Waals surface area contributed by atoms with Gasteiger partial charge in [0, 0.05) is 11.4 Å². The predicted octanol–water partition coefficient (Wildman–Crippen LogP) is 3.69. The molecule has 6 nitrogen and oxygen atoms in total. The van der Waals surface area contributed by atoms with E-state index in [2.05, 4.69) is 10.1 Å². The molecule has 1 N–H and O–H groups in total. The second-order valence-corrected chi connectivity index (χ2v) is 6.90. The van der Waals surface area contributed by atoms with Gasteiger partial charge >= 0.3 is 0 Å². The maximum absolute atomic E-state index is 11.0. The molecule has 0 bridgehead atoms. The fourth-order valence-electron chi connectivity index (χ4n) is 2.78. The minimum absolute atomic E-state index is 0.197. The summed E-state index contributed by atoms with van der Waals surface area (Å²) in [6.45, 7) is 4.70. The Labute approximate surface area is 152 Å². The third-order valence-electron chi connectivity index (χ3n) is 4.33. The van der Waals surface area contributed by atoms with Crippen LogP contribution in [-0.2, 0) is 15.9 Å². The number of aromatic nitrogens is 3. The average molecular weight is 364 g/mol. The highest BCUT2D eigenvalue weighted by atomic mass is 35.5. The van der Waals surface area contributed by atoms with E-state index >= 15 is 0 Å². The summed E-state index contributed by atoms with van der Waals surface area (Å²) in [5.74, 6) is 0.197. The molecule has 1 fully saturated rings. The molecule has 1 aliphatic rings. The molecule has 0 amide bonds. The lowest BCUT2D eigenvalue weighted by atomic mass is 9.87. The zero-order valence-corrected chi connectivity index (χ0v) is 15.1. The Kier molecular flexibility index (Phi) is 5.42. The van der Waals surface area contributed by atoms with Crippen LogP contribution < -0.4 is 0 Å². The summed E-state index contributed by atoms with van der Waals surface area (Å²) in [6.07, 6.45) is 4.07. The zero-order chi connectivity index (χ0) is 17.9. The van der Waals surface area contributed by atoms with E-state index in [4.69, 9.17) is 21.1 Å². The van der Waals surface area contributed by atoms with Gasteiger partial charge in [-0.15, -0.1) is 0 Å². The van der Waals surface area contributed by atoms with Gasteiger partial charge < -0.3 is 14.6 Å². The summed E-state index contributed by atoms with van der Waals surface area (Å²) in [4.78, 5) is 4.00. The summed E-state index contributed by atoms with van der Waals surface area (Å²) in [5, 5.41) is 15.9. The van der Waals surface area contributed by atoms with E-state index < -0.39 is 5.41 Å². The van der Waals surface area contributed by atoms with Crippen LogP contribution in [0.3, 0.4) is 0 Å². The quantitative estimate of drug-likeness (QED) is 0.820. The van der Waals surface area contributed by atoms with Crippen molar-refractivity contribution in [3.63, 3.8) is 0 Å². The van der Waals surface area contributed by atoms with Crippen molar-refractivity contribution in [3.8, 4) is 0 Å². The fourth-order valence-corrected chi connectivity index (χ4v) is 2.91. The van der Waals surface area contributed by atoms with Gasteiger partial charge in [-0.05, 0) is 31.0 Å². The molecule has 1 saturated heterocycles. The number of ether oxygens (including phenoxy) is 2. The molecule has 134 valence electrons. The molecule has 3 rings (SSSR count). The minimum atomic E-state index is -0.640. The first-order valence-electron chi connectivity index (χ1n) is 8.27. The summed E-state index contributed by atoms with van der Waals surface area (Å²) >= 11 is 5.96. The van der Waals surface area contributed by atoms with Crippen molar-refractivity contribution in [2.75, 3.05) is 13.2 Å². The molecule has 2 heterocycles. The standard InChI is InChI=1S/C18H22ClN3O3/c1-3-16-24-9-18(2,10-25-16)17(23)15(22-12-20-11-21-22)8-13-4-6-14(19)7-5-13/h4-7,11-12,16,23H,3,8-10H2,1-2H3. The molecule has 1 aromatic carbocycles. The first kappa shape index (κ1) is 17.9. The average Bonchev–Trinajstić information content (AvgIpc) is 3.16. The molecule has 0 atom stereocenters. The van der Waals surface area contributed by atoms with Crippen LogP contribution in [-0.4, -0.2) is 39.4 Å². The van der Waals surface area contributed by atoms with Gasteiger partial charge in [-0.25, -0.2) is 9.67 Å². The molecule has 0 unspecified atom stereocenters. The van der Waals surface area contributed by atoms with Gasteiger partial charge in [0.25, 0.3) is 0 Å². The smallest absolute Gasteiger partial charge is 0.157 e. The molecular weight excluding hydrogens is 342 g/mol. The Balaban J connectivity index is 1.92. The number of aliphatic hydroxyl groups excluding tert-OH is 1. The molecule has 2 aromatic rings. The Hall–Kier alpha value is -1.89. The SMILES string of the molecule is CCC1OCC(C)(C(O)=C(Cc2ccc(Cl)cc2)n2cncn2)CO1. The first-order chi connectivity index (χ1) is 12.0. The van der Waals surface area contributed by atoms with Crippen molar-refractivity contribution in [3.05, 3.63) is 53.3 Å². The number of halogens is 1. The third kappa shape index (κ3) is 4.03. The number of hydrogen-bond donors (Lipinski definition) is 1. The van der Waals surface area contributed by atoms with Crippen LogP contribution in [0.25, 0.3) is 5.70 Å². The lowest BCUT2D eigenvalue weighted by molar-refractivity contribution is -0.222. The molecule has 0 radical (unpaired) electrons. The van der Waals surface area contributed by atoms with E-state index in [0.29, 0.717) is 30.4 Å². The highest BCUT2D eigenvalue weighted by Crippen LogP contribution is 2.35. The third-order valence-corrected chi connectivity index (χ3v) is 4.59. The van der Waals surface area contributed by atoms with Crippen molar-refractivity contribution in [2.45, 2.75) is 33.0 Å². The highest BCUT2D eigenvalue weighted by molar-refractivity contribution is 6.30. The Morgan fingerprint density at radius 2 is 2.00 bits per heavy atom. The molecule has 0 spiro atoms. The summed E-state index contributed by atoms with van der Waals surface area (Å²) in [7, 11) is 0. The van der Waals surface area contributed by atoms with Crippen molar-refractivity contribution in [1.29, 1.82) is 0 Å². The van der Waals surface area contributed by atoms with Crippen LogP contribution in [0.15, 0.2) is 42.7 Å². The number of rotatable bonds is 5. The van der Waals surface area contributed by atoms with Crippen LogP contribution in [0, 0.1) is 5.41 Å². The molecule has 7 heteroatoms. The van der Waals surface area contributed by atoms with E-state index in [1.807, 2.05) is 38.1 Å². The monoisotopic (exact) mass is 363 g/mol. The number of allylic oxidation sites excluding steroid dienone is 1. The largest absolute Gasteiger partial charge is 0.510 e. The van der Waals surface area contributed by atoms with Gasteiger partial charge in [-0.1, -0.05) is 30.7 Å². The van der Waals surface area contributed by atoms with Gasteiger partial charge in [0.15, 0.2) is 6.29 Å². The number of nitrogens with zero attached hydrogens (tertiary/aromatic N) is 3. The number of hydrogen-bond acceptors (Lipinski definition) is 5. The van der Waals surface area contributed by atoms with E-state index in [9.17, 15) is 5.11 Å². The Morgan fingerprint density at radius 1 is 1.32 bits per heavy atom. The lowest BCUT2D eigenvalue weighted by Gasteiger charge is -2.37. The molecular formula is C18H22ClN3O3. The fraction of sp³-hybridized carbons (Fsp3) is 0.444. The summed E-state index contributed by atoms with van der Waals surface area (Å²) in [6, 6.07) is 7.51. The van der Waals surface area contributed by atoms with Crippen molar-refractivity contribution in [1.82, 2.24) is 14.8 Å². The van der Waals surface area contributed by atoms with Crippen LogP contribution in [0.2, 0.25) is 5.02 Å². The second kappa shape index (κ2) is 7.56. The normalized spacial score (nSPS) is 24.8. The Bertz CT molecular complexity index is 721. The van der Waals surface area contributed by atoms with Crippen molar-refractivity contribution in [2.24, 2.45) is 5.41 Å². The van der Waals surface area contributed by atoms with Gasteiger partial charge in [0.2, 0.25) is 0 Å². The topological polar surface area (TPSA) is 69.4 Å². The lowest BCUT2D eigenvalue weighted by Crippen LogP contribution is -2.41. The van der Waals surface area contributed by atoms with Crippen molar-refractivity contribution < 1.29 is 14.6 Å². The second-order valence-electron chi connectivity index (χ2n) is 6.46. The van der Waals surface area contributed by atoms with Gasteiger partial charge in [-0.3, -0.25) is 0 Å². The molecule has 1 aliphatic heterocycles. The zero-order valence-electron chi connectivity index (χ0n) is 14.4. The number of benzene rings is 1. The van der Waals surface area contributed by atoms with E-state index in [1.165, 1.54) is 6.33 Å². The highest BCUT2D eigenvalue weighted by Gasteiger charge is 2.38. The summed E-state index contributed by atoms with van der Waals surface area (Å²) in [5.41, 5.74) is 1.01. The summed E-state index contributed by atoms with van der Waals surface area (Å²) < 4.78 is 13.0. The maximum atomic E-state index is 11.0. The van der Waals surface area contributed by atoms with Crippen LogP contribution in [0.4, 0.5) is 0 Å². The minimum Gasteiger partial charge on any atom is -0.510 e. The predicted molar refractivity (Wildman–Crippen MR) is 95.1 cm³/mol. The first-order valence-corrected chi connectivity index (χ1v) is 8.65. The van der Waals surface area contributed by atoms with Crippen molar-refractivity contribution >= 4 is 17.3 Å². The Morgan fingerprint density at radius 3 is 2.56 bits per heavy atom. The van der Waals surface area contributed by atoms with Crippen LogP contribution in [0.1, 0.15) is 25.8 Å².